The number of unbranched alkanes of at least 4 members (excludes halogenated alkanes) is 25. The van der Waals surface area contributed by atoms with E-state index in [1.165, 1.54) is 141 Å². The molecule has 0 aromatic heterocycles. The largest absolute Gasteiger partial charge is 0.462 e. The van der Waals surface area contributed by atoms with Crippen molar-refractivity contribution in [2.75, 3.05) is 19.8 Å². The van der Waals surface area contributed by atoms with Gasteiger partial charge in [0.15, 0.2) is 12.4 Å². The lowest BCUT2D eigenvalue weighted by molar-refractivity contribution is -0.305. The predicted molar refractivity (Wildman–Crippen MR) is 261 cm³/mol. The Morgan fingerprint density at radius 3 is 1.36 bits per heavy atom. The van der Waals surface area contributed by atoms with Crippen LogP contribution in [0.3, 0.4) is 0 Å². The maximum Gasteiger partial charge on any atom is 0.306 e. The van der Waals surface area contributed by atoms with Gasteiger partial charge in [-0.25, -0.2) is 0 Å². The van der Waals surface area contributed by atoms with Crippen LogP contribution in [0.1, 0.15) is 226 Å². The Morgan fingerprint density at radius 1 is 0.484 bits per heavy atom. The summed E-state index contributed by atoms with van der Waals surface area (Å²) in [5.41, 5.74) is 0. The monoisotopic (exact) mass is 905 g/mol. The number of ether oxygens (including phenoxy) is 4. The van der Waals surface area contributed by atoms with Crippen LogP contribution in [0, 0.1) is 0 Å². The molecule has 6 atom stereocenters. The van der Waals surface area contributed by atoms with Gasteiger partial charge >= 0.3 is 11.9 Å². The minimum absolute atomic E-state index is 0.200. The van der Waals surface area contributed by atoms with Crippen molar-refractivity contribution in [2.45, 2.75) is 263 Å². The molecule has 2 unspecified atom stereocenters. The van der Waals surface area contributed by atoms with Crippen molar-refractivity contribution >= 4 is 11.9 Å². The van der Waals surface area contributed by atoms with E-state index in [-0.39, 0.29) is 26.1 Å². The van der Waals surface area contributed by atoms with Crippen molar-refractivity contribution in [2.24, 2.45) is 0 Å². The molecule has 0 radical (unpaired) electrons. The average Bonchev–Trinajstić information content (AvgIpc) is 3.29. The lowest BCUT2D eigenvalue weighted by atomic mass is 9.99. The minimum atomic E-state index is -1.60. The second-order valence-corrected chi connectivity index (χ2v) is 18.0. The third kappa shape index (κ3) is 34.9. The number of allylic oxidation sites excluding steroid dienone is 8. The van der Waals surface area contributed by atoms with E-state index >= 15 is 0 Å². The fourth-order valence-electron chi connectivity index (χ4n) is 7.83. The fourth-order valence-corrected chi connectivity index (χ4v) is 7.83. The summed E-state index contributed by atoms with van der Waals surface area (Å²) in [5.74, 6) is -0.864. The van der Waals surface area contributed by atoms with Crippen molar-refractivity contribution < 1.29 is 49.0 Å². The van der Waals surface area contributed by atoms with Crippen LogP contribution in [0.5, 0.6) is 0 Å². The van der Waals surface area contributed by atoms with E-state index in [0.717, 1.165) is 44.9 Å². The van der Waals surface area contributed by atoms with Gasteiger partial charge in [-0.15, -0.1) is 0 Å². The summed E-state index contributed by atoms with van der Waals surface area (Å²) in [6, 6.07) is 0. The first-order valence-corrected chi connectivity index (χ1v) is 26.2. The Bertz CT molecular complexity index is 1180. The molecule has 64 heavy (non-hydrogen) atoms. The van der Waals surface area contributed by atoms with E-state index in [2.05, 4.69) is 62.5 Å². The number of rotatable bonds is 44. The van der Waals surface area contributed by atoms with Gasteiger partial charge in [0.2, 0.25) is 0 Å². The van der Waals surface area contributed by atoms with E-state index in [9.17, 15) is 30.0 Å². The van der Waals surface area contributed by atoms with Gasteiger partial charge in [-0.05, 0) is 51.4 Å². The van der Waals surface area contributed by atoms with Gasteiger partial charge in [0.1, 0.15) is 31.0 Å². The molecule has 0 aromatic rings. The van der Waals surface area contributed by atoms with E-state index in [4.69, 9.17) is 18.9 Å². The topological polar surface area (TPSA) is 152 Å². The van der Waals surface area contributed by atoms with Gasteiger partial charge in [-0.1, -0.05) is 210 Å². The third-order valence-electron chi connectivity index (χ3n) is 12.0. The van der Waals surface area contributed by atoms with Gasteiger partial charge in [0.25, 0.3) is 0 Å². The smallest absolute Gasteiger partial charge is 0.306 e. The van der Waals surface area contributed by atoms with E-state index in [1.807, 2.05) is 0 Å². The van der Waals surface area contributed by atoms with Gasteiger partial charge in [-0.3, -0.25) is 9.59 Å². The molecule has 4 N–H and O–H groups in total. The zero-order chi connectivity index (χ0) is 46.6. The Labute approximate surface area is 390 Å². The summed E-state index contributed by atoms with van der Waals surface area (Å²) in [6.45, 7) is 3.37. The summed E-state index contributed by atoms with van der Waals surface area (Å²) in [6.07, 6.45) is 47.0. The molecule has 0 bridgehead atoms. The second-order valence-electron chi connectivity index (χ2n) is 18.0. The Balaban J connectivity index is 2.27. The summed E-state index contributed by atoms with van der Waals surface area (Å²) in [7, 11) is 0. The molecule has 0 aromatic carbocycles. The van der Waals surface area contributed by atoms with Crippen molar-refractivity contribution in [1.82, 2.24) is 0 Å². The van der Waals surface area contributed by atoms with Crippen molar-refractivity contribution in [3.8, 4) is 0 Å². The highest BCUT2D eigenvalue weighted by Crippen LogP contribution is 2.23. The zero-order valence-electron chi connectivity index (χ0n) is 40.8. The Hall–Kier alpha value is -2.34. The van der Waals surface area contributed by atoms with Crippen LogP contribution in [-0.4, -0.2) is 89.0 Å². The molecule has 10 nitrogen and oxygen atoms in total. The molecule has 1 aliphatic heterocycles. The molecule has 0 aliphatic carbocycles. The van der Waals surface area contributed by atoms with Crippen LogP contribution in [0.2, 0.25) is 0 Å². The Morgan fingerprint density at radius 2 is 0.891 bits per heavy atom. The number of esters is 2. The van der Waals surface area contributed by atoms with Crippen LogP contribution in [0.25, 0.3) is 0 Å². The van der Waals surface area contributed by atoms with Crippen LogP contribution < -0.4 is 0 Å². The second kappa shape index (κ2) is 44.5. The number of carbonyl (C=O) groups excluding carboxylic acids is 2. The van der Waals surface area contributed by atoms with Crippen molar-refractivity contribution in [1.29, 1.82) is 0 Å². The molecule has 0 saturated carbocycles. The number of aliphatic hydroxyl groups is 4. The summed E-state index contributed by atoms with van der Waals surface area (Å²) in [5, 5.41) is 40.2. The van der Waals surface area contributed by atoms with Crippen LogP contribution in [-0.2, 0) is 28.5 Å². The van der Waals surface area contributed by atoms with Gasteiger partial charge in [0.05, 0.1) is 13.2 Å². The third-order valence-corrected chi connectivity index (χ3v) is 12.0. The minimum Gasteiger partial charge on any atom is -0.462 e. The maximum atomic E-state index is 12.8. The Kier molecular flexibility index (Phi) is 41.5. The van der Waals surface area contributed by atoms with E-state index < -0.39 is 55.4 Å². The molecule has 372 valence electrons. The predicted octanol–water partition coefficient (Wildman–Crippen LogP) is 12.4. The van der Waals surface area contributed by atoms with Crippen molar-refractivity contribution in [3.05, 3.63) is 48.6 Å². The molecular weight excluding hydrogens is 809 g/mol. The first-order chi connectivity index (χ1) is 31.3. The molecular formula is C54H96O10. The van der Waals surface area contributed by atoms with Crippen LogP contribution in [0.4, 0.5) is 0 Å². The van der Waals surface area contributed by atoms with Gasteiger partial charge < -0.3 is 39.4 Å². The first kappa shape index (κ1) is 59.7. The normalized spacial score (nSPS) is 19.8. The highest BCUT2D eigenvalue weighted by molar-refractivity contribution is 5.70. The lowest BCUT2D eigenvalue weighted by Gasteiger charge is -2.39. The molecule has 1 rings (SSSR count). The van der Waals surface area contributed by atoms with E-state index in [0.29, 0.717) is 12.8 Å². The molecule has 1 saturated heterocycles. The number of hydrogen-bond acceptors (Lipinski definition) is 10. The number of hydrogen-bond donors (Lipinski definition) is 4. The maximum absolute atomic E-state index is 12.8. The summed E-state index contributed by atoms with van der Waals surface area (Å²) >= 11 is 0. The van der Waals surface area contributed by atoms with Gasteiger partial charge in [0, 0.05) is 12.8 Å². The standard InChI is InChI=1S/C54H96O10/c1-3-5-7-9-11-13-15-17-19-21-22-23-24-25-27-29-31-33-35-37-39-41-43-50(57)63-47(46-62-54-53(60)52(59)51(58)48(44-55)64-54)45-61-49(56)42-40-38-36-34-32-30-28-26-20-18-16-14-12-10-8-6-4-2/h12,14,18,20,28,30,34,36,47-48,51-55,58-60H,3-11,13,15-17,19,21-27,29,31-33,35,37-46H2,1-2H3/b14-12+,20-18+,30-28+,36-34+/t47-,48-,51+,52?,53?,54-/m1/s1. The zero-order valence-corrected chi connectivity index (χ0v) is 40.8. The summed E-state index contributed by atoms with van der Waals surface area (Å²) in [4.78, 5) is 25.4. The molecule has 1 aliphatic rings. The molecule has 1 heterocycles. The molecule has 0 amide bonds. The van der Waals surface area contributed by atoms with Gasteiger partial charge in [-0.2, -0.15) is 0 Å². The lowest BCUT2D eigenvalue weighted by Crippen LogP contribution is -2.59. The molecule has 10 heteroatoms. The highest BCUT2D eigenvalue weighted by atomic mass is 16.7. The molecule has 1 fully saturated rings. The summed E-state index contributed by atoms with van der Waals surface area (Å²) < 4.78 is 22.2. The van der Waals surface area contributed by atoms with Crippen LogP contribution >= 0.6 is 0 Å². The molecule has 0 spiro atoms. The van der Waals surface area contributed by atoms with Crippen molar-refractivity contribution in [3.63, 3.8) is 0 Å². The number of carbonyl (C=O) groups is 2. The highest BCUT2D eigenvalue weighted by Gasteiger charge is 2.44. The average molecular weight is 905 g/mol. The SMILES string of the molecule is CCCCC/C=C/C/C=C/C/C=C/C/C=C/CCCC(=O)OC[C@H](CO[C@@H]1O[C@H](CO)[C@H](O)C(O)C1O)OC(=O)CCCCCCCCCCCCCCCCCCCCCCCC. The number of aliphatic hydroxyl groups excluding tert-OH is 4. The fraction of sp³-hybridized carbons (Fsp3) is 0.815. The van der Waals surface area contributed by atoms with Crippen LogP contribution in [0.15, 0.2) is 48.6 Å². The van der Waals surface area contributed by atoms with E-state index in [1.54, 1.807) is 0 Å². The quantitative estimate of drug-likeness (QED) is 0.0264. The first-order valence-electron chi connectivity index (χ1n) is 26.2.